The van der Waals surface area contributed by atoms with Gasteiger partial charge in [-0.1, -0.05) is 24.3 Å². The van der Waals surface area contributed by atoms with Crippen molar-refractivity contribution in [3.8, 4) is 5.75 Å². The molecular formula is C20H26N2O3. The van der Waals surface area contributed by atoms with Gasteiger partial charge >= 0.3 is 0 Å². The molecule has 5 nitrogen and oxygen atoms in total. The van der Waals surface area contributed by atoms with E-state index in [0.29, 0.717) is 5.56 Å². The van der Waals surface area contributed by atoms with Gasteiger partial charge in [-0.15, -0.1) is 0 Å². The van der Waals surface area contributed by atoms with Gasteiger partial charge in [0.05, 0.1) is 13.7 Å². The van der Waals surface area contributed by atoms with Crippen molar-refractivity contribution in [2.45, 2.75) is 19.8 Å². The Labute approximate surface area is 149 Å². The number of aryl methyl sites for hydroxylation is 1. The number of methoxy groups -OCH3 is 1. The molecule has 2 rings (SSSR count). The van der Waals surface area contributed by atoms with Crippen LogP contribution in [0.5, 0.6) is 5.75 Å². The van der Waals surface area contributed by atoms with Crippen LogP contribution in [0.25, 0.3) is 0 Å². The first-order chi connectivity index (χ1) is 12.2. The fraction of sp³-hybridized carbons (Fsp3) is 0.350. The van der Waals surface area contributed by atoms with Gasteiger partial charge in [-0.2, -0.15) is 0 Å². The third-order valence-corrected chi connectivity index (χ3v) is 4.11. The Morgan fingerprint density at radius 3 is 2.68 bits per heavy atom. The molecule has 0 aliphatic heterocycles. The van der Waals surface area contributed by atoms with E-state index >= 15 is 0 Å². The van der Waals surface area contributed by atoms with Crippen LogP contribution in [0, 0.1) is 6.92 Å². The zero-order valence-corrected chi connectivity index (χ0v) is 14.8. The highest BCUT2D eigenvalue weighted by Crippen LogP contribution is 2.21. The van der Waals surface area contributed by atoms with Crippen LogP contribution < -0.4 is 15.4 Å². The number of anilines is 1. The smallest absolute Gasteiger partial charge is 0.251 e. The molecule has 134 valence electrons. The van der Waals surface area contributed by atoms with Crippen molar-refractivity contribution in [1.82, 2.24) is 5.32 Å². The summed E-state index contributed by atoms with van der Waals surface area (Å²) in [6.45, 7) is 2.93. The Hall–Kier alpha value is -2.53. The molecule has 0 spiro atoms. The van der Waals surface area contributed by atoms with Crippen LogP contribution in [-0.2, 0) is 6.42 Å². The molecule has 3 N–H and O–H groups in total. The van der Waals surface area contributed by atoms with E-state index in [4.69, 9.17) is 9.84 Å². The van der Waals surface area contributed by atoms with Gasteiger partial charge in [0.15, 0.2) is 0 Å². The summed E-state index contributed by atoms with van der Waals surface area (Å²) in [6.07, 6.45) is 1.88. The summed E-state index contributed by atoms with van der Waals surface area (Å²) in [5.41, 5.74) is 3.69. The van der Waals surface area contributed by atoms with E-state index < -0.39 is 0 Å². The summed E-state index contributed by atoms with van der Waals surface area (Å²) < 4.78 is 5.37. The minimum Gasteiger partial charge on any atom is -0.496 e. The number of hydrogen-bond acceptors (Lipinski definition) is 4. The van der Waals surface area contributed by atoms with Gasteiger partial charge in [-0.3, -0.25) is 4.79 Å². The van der Waals surface area contributed by atoms with Crippen LogP contribution in [0.4, 0.5) is 5.69 Å². The number of carbonyl (C=O) groups is 1. The molecule has 0 aliphatic rings. The van der Waals surface area contributed by atoms with E-state index in [1.807, 2.05) is 37.3 Å². The maximum absolute atomic E-state index is 12.1. The topological polar surface area (TPSA) is 70.6 Å². The standard InChI is InChI=1S/C20H26N2O3/c1-15-17(20(24)22-13-14-23)9-5-10-18(15)21-12-6-8-16-7-3-4-11-19(16)25-2/h3-5,7,9-11,21,23H,6,8,12-14H2,1-2H3,(H,22,24). The predicted molar refractivity (Wildman–Crippen MR) is 100 cm³/mol. The zero-order chi connectivity index (χ0) is 18.1. The molecule has 2 aromatic rings. The molecule has 0 saturated carbocycles. The molecule has 5 heteroatoms. The number of carbonyl (C=O) groups excluding carboxylic acids is 1. The number of ether oxygens (including phenoxy) is 1. The molecule has 0 aromatic heterocycles. The molecule has 2 aromatic carbocycles. The molecule has 0 aliphatic carbocycles. The molecule has 0 saturated heterocycles. The lowest BCUT2D eigenvalue weighted by atomic mass is 10.1. The van der Waals surface area contributed by atoms with E-state index in [0.717, 1.165) is 36.4 Å². The van der Waals surface area contributed by atoms with Crippen molar-refractivity contribution >= 4 is 11.6 Å². The van der Waals surface area contributed by atoms with Gasteiger partial charge in [0.2, 0.25) is 0 Å². The Balaban J connectivity index is 1.91. The predicted octanol–water partition coefficient (Wildman–Crippen LogP) is 2.77. The van der Waals surface area contributed by atoms with Crippen LogP contribution in [0.3, 0.4) is 0 Å². The van der Waals surface area contributed by atoms with Gasteiger partial charge in [0, 0.05) is 24.3 Å². The largest absolute Gasteiger partial charge is 0.496 e. The highest BCUT2D eigenvalue weighted by Gasteiger charge is 2.11. The average Bonchev–Trinajstić information content (AvgIpc) is 2.64. The number of aliphatic hydroxyl groups excluding tert-OH is 1. The number of benzene rings is 2. The van der Waals surface area contributed by atoms with Crippen LogP contribution in [-0.4, -0.2) is 37.8 Å². The third kappa shape index (κ3) is 5.22. The van der Waals surface area contributed by atoms with E-state index in [2.05, 4.69) is 16.7 Å². The van der Waals surface area contributed by atoms with Crippen molar-refractivity contribution in [3.63, 3.8) is 0 Å². The zero-order valence-electron chi connectivity index (χ0n) is 14.8. The van der Waals surface area contributed by atoms with Crippen LogP contribution in [0.2, 0.25) is 0 Å². The van der Waals surface area contributed by atoms with Crippen LogP contribution in [0.1, 0.15) is 27.9 Å². The first-order valence-electron chi connectivity index (χ1n) is 8.51. The second-order valence-electron chi connectivity index (χ2n) is 5.80. The SMILES string of the molecule is COc1ccccc1CCCNc1cccc(C(=O)NCCO)c1C. The molecule has 0 unspecified atom stereocenters. The van der Waals surface area contributed by atoms with Crippen molar-refractivity contribution in [1.29, 1.82) is 0 Å². The highest BCUT2D eigenvalue weighted by molar-refractivity contribution is 5.97. The van der Waals surface area contributed by atoms with Crippen LogP contribution >= 0.6 is 0 Å². The number of para-hydroxylation sites is 1. The van der Waals surface area contributed by atoms with Crippen molar-refractivity contribution in [2.75, 3.05) is 32.1 Å². The highest BCUT2D eigenvalue weighted by atomic mass is 16.5. The number of amides is 1. The average molecular weight is 342 g/mol. The second-order valence-corrected chi connectivity index (χ2v) is 5.80. The van der Waals surface area contributed by atoms with Crippen molar-refractivity contribution < 1.29 is 14.6 Å². The lowest BCUT2D eigenvalue weighted by molar-refractivity contribution is 0.0944. The third-order valence-electron chi connectivity index (χ3n) is 4.11. The van der Waals surface area contributed by atoms with Gasteiger partial charge in [0.25, 0.3) is 5.91 Å². The van der Waals surface area contributed by atoms with Crippen molar-refractivity contribution in [3.05, 3.63) is 59.2 Å². The normalized spacial score (nSPS) is 10.4. The summed E-state index contributed by atoms with van der Waals surface area (Å²) in [5, 5.41) is 14.9. The summed E-state index contributed by atoms with van der Waals surface area (Å²) in [5.74, 6) is 0.755. The lowest BCUT2D eigenvalue weighted by Crippen LogP contribution is -2.27. The Kier molecular flexibility index (Phi) is 7.29. The molecular weight excluding hydrogens is 316 g/mol. The molecule has 0 bridgehead atoms. The first kappa shape index (κ1) is 18.8. The van der Waals surface area contributed by atoms with E-state index in [1.165, 1.54) is 5.56 Å². The Morgan fingerprint density at radius 2 is 1.92 bits per heavy atom. The Bertz CT molecular complexity index is 701. The summed E-state index contributed by atoms with van der Waals surface area (Å²) in [4.78, 5) is 12.1. The number of aliphatic hydroxyl groups is 1. The van der Waals surface area contributed by atoms with Gasteiger partial charge in [-0.25, -0.2) is 0 Å². The van der Waals surface area contributed by atoms with Crippen LogP contribution in [0.15, 0.2) is 42.5 Å². The lowest BCUT2D eigenvalue weighted by Gasteiger charge is -2.14. The quantitative estimate of drug-likeness (QED) is 0.613. The number of rotatable bonds is 9. The van der Waals surface area contributed by atoms with Gasteiger partial charge < -0.3 is 20.5 Å². The number of nitrogens with one attached hydrogen (secondary N) is 2. The Morgan fingerprint density at radius 1 is 1.12 bits per heavy atom. The molecule has 1 amide bonds. The summed E-state index contributed by atoms with van der Waals surface area (Å²) >= 11 is 0. The maximum atomic E-state index is 12.1. The fourth-order valence-corrected chi connectivity index (χ4v) is 2.75. The molecule has 0 atom stereocenters. The monoisotopic (exact) mass is 342 g/mol. The fourth-order valence-electron chi connectivity index (χ4n) is 2.75. The van der Waals surface area contributed by atoms with Crippen molar-refractivity contribution in [2.24, 2.45) is 0 Å². The molecule has 0 fully saturated rings. The first-order valence-corrected chi connectivity index (χ1v) is 8.51. The van der Waals surface area contributed by atoms with E-state index in [1.54, 1.807) is 13.2 Å². The van der Waals surface area contributed by atoms with E-state index in [-0.39, 0.29) is 19.1 Å². The minimum atomic E-state index is -0.163. The maximum Gasteiger partial charge on any atom is 0.251 e. The molecule has 0 heterocycles. The van der Waals surface area contributed by atoms with Gasteiger partial charge in [0.1, 0.15) is 5.75 Å². The van der Waals surface area contributed by atoms with Gasteiger partial charge in [-0.05, 0) is 49.1 Å². The summed E-state index contributed by atoms with van der Waals surface area (Å²) in [7, 11) is 1.69. The van der Waals surface area contributed by atoms with E-state index in [9.17, 15) is 4.79 Å². The molecule has 25 heavy (non-hydrogen) atoms. The minimum absolute atomic E-state index is 0.0638. The second kappa shape index (κ2) is 9.69. The molecule has 0 radical (unpaired) electrons. The number of hydrogen-bond donors (Lipinski definition) is 3. The summed E-state index contributed by atoms with van der Waals surface area (Å²) in [6, 6.07) is 13.7.